The lowest BCUT2D eigenvalue weighted by atomic mass is 9.98. The normalized spacial score (nSPS) is 21.3. The van der Waals surface area contributed by atoms with Crippen LogP contribution in [0.25, 0.3) is 0 Å². The summed E-state index contributed by atoms with van der Waals surface area (Å²) in [5.74, 6) is 0.812. The van der Waals surface area contributed by atoms with Gasteiger partial charge in [-0.05, 0) is 13.8 Å². The summed E-state index contributed by atoms with van der Waals surface area (Å²) < 4.78 is -0.816. The molecule has 1 heterocycles. The molecule has 3 heteroatoms. The van der Waals surface area contributed by atoms with Gasteiger partial charge in [0.25, 0.3) is 0 Å². The standard InChI is InChI=1S/C9H10N2S/c1-7-3-9(5-10,6-11)12-4-8(7)2/h3-4H2,1-2H3. The van der Waals surface area contributed by atoms with Crippen molar-refractivity contribution in [1.82, 2.24) is 0 Å². The van der Waals surface area contributed by atoms with Crippen LogP contribution < -0.4 is 0 Å². The molecule has 0 N–H and O–H groups in total. The summed E-state index contributed by atoms with van der Waals surface area (Å²) in [6.07, 6.45) is 0.594. The first kappa shape index (κ1) is 9.16. The third-order valence-corrected chi connectivity index (χ3v) is 3.54. The number of hydrogen-bond donors (Lipinski definition) is 0. The molecule has 1 aliphatic rings. The van der Waals surface area contributed by atoms with E-state index in [2.05, 4.69) is 19.1 Å². The van der Waals surface area contributed by atoms with Crippen LogP contribution in [0.2, 0.25) is 0 Å². The van der Waals surface area contributed by atoms with Crippen molar-refractivity contribution in [3.63, 3.8) is 0 Å². The largest absolute Gasteiger partial charge is 0.196 e. The van der Waals surface area contributed by atoms with E-state index in [-0.39, 0.29) is 0 Å². The van der Waals surface area contributed by atoms with Gasteiger partial charge >= 0.3 is 0 Å². The molecule has 2 nitrogen and oxygen atoms in total. The first-order chi connectivity index (χ1) is 5.63. The molecule has 1 rings (SSSR count). The van der Waals surface area contributed by atoms with Crippen LogP contribution in [0.5, 0.6) is 0 Å². The second kappa shape index (κ2) is 3.21. The van der Waals surface area contributed by atoms with Crippen LogP contribution in [0.3, 0.4) is 0 Å². The van der Waals surface area contributed by atoms with E-state index >= 15 is 0 Å². The summed E-state index contributed by atoms with van der Waals surface area (Å²) in [5.41, 5.74) is 2.50. The van der Waals surface area contributed by atoms with Crippen molar-refractivity contribution in [2.45, 2.75) is 25.0 Å². The molecule has 0 atom stereocenters. The van der Waals surface area contributed by atoms with E-state index in [1.54, 1.807) is 0 Å². The minimum atomic E-state index is -0.816. The Morgan fingerprint density at radius 2 is 1.83 bits per heavy atom. The molecule has 1 aliphatic heterocycles. The van der Waals surface area contributed by atoms with Crippen LogP contribution in [0.15, 0.2) is 11.1 Å². The smallest absolute Gasteiger partial charge is 0.192 e. The molecular formula is C9H10N2S. The Bertz CT molecular complexity index is 289. The Morgan fingerprint density at radius 3 is 2.25 bits per heavy atom. The van der Waals surface area contributed by atoms with Crippen LogP contribution in [-0.2, 0) is 0 Å². The molecule has 0 aromatic rings. The molecular weight excluding hydrogens is 168 g/mol. The highest BCUT2D eigenvalue weighted by Crippen LogP contribution is 2.38. The molecule has 0 radical (unpaired) electrons. The number of nitrogens with zero attached hydrogens (tertiary/aromatic N) is 2. The second-order valence-electron chi connectivity index (χ2n) is 3.08. The zero-order valence-electron chi connectivity index (χ0n) is 7.22. The van der Waals surface area contributed by atoms with Gasteiger partial charge in [-0.2, -0.15) is 10.5 Å². The Labute approximate surface area is 76.9 Å². The summed E-state index contributed by atoms with van der Waals surface area (Å²) in [6, 6.07) is 4.17. The summed E-state index contributed by atoms with van der Waals surface area (Å²) in [4.78, 5) is 0. The summed E-state index contributed by atoms with van der Waals surface area (Å²) >= 11 is 1.44. The molecule has 0 bridgehead atoms. The van der Waals surface area contributed by atoms with E-state index < -0.39 is 4.75 Å². The molecule has 0 unspecified atom stereocenters. The topological polar surface area (TPSA) is 47.6 Å². The van der Waals surface area contributed by atoms with Gasteiger partial charge in [0.05, 0.1) is 12.1 Å². The molecule has 12 heavy (non-hydrogen) atoms. The van der Waals surface area contributed by atoms with E-state index in [1.807, 2.05) is 6.92 Å². The lowest BCUT2D eigenvalue weighted by Gasteiger charge is -2.24. The molecule has 0 saturated carbocycles. The molecule has 0 spiro atoms. The highest BCUT2D eigenvalue weighted by Gasteiger charge is 2.34. The number of allylic oxidation sites excluding steroid dienone is 1. The first-order valence-corrected chi connectivity index (χ1v) is 4.74. The number of thioether (sulfide) groups is 1. The van der Waals surface area contributed by atoms with Gasteiger partial charge in [-0.25, -0.2) is 0 Å². The van der Waals surface area contributed by atoms with Crippen molar-refractivity contribution in [3.05, 3.63) is 11.1 Å². The molecule has 0 aromatic carbocycles. The lowest BCUT2D eigenvalue weighted by molar-refractivity contribution is 0.846. The maximum absolute atomic E-state index is 8.83. The van der Waals surface area contributed by atoms with E-state index in [0.717, 1.165) is 5.75 Å². The molecule has 62 valence electrons. The third-order valence-electron chi connectivity index (χ3n) is 2.14. The minimum absolute atomic E-state index is 0.594. The Balaban J connectivity index is 2.94. The van der Waals surface area contributed by atoms with Crippen molar-refractivity contribution < 1.29 is 0 Å². The second-order valence-corrected chi connectivity index (χ2v) is 4.35. The van der Waals surface area contributed by atoms with Crippen molar-refractivity contribution in [1.29, 1.82) is 10.5 Å². The summed E-state index contributed by atoms with van der Waals surface area (Å²) in [5, 5.41) is 17.7. The van der Waals surface area contributed by atoms with Crippen LogP contribution in [0.4, 0.5) is 0 Å². The number of rotatable bonds is 0. The minimum Gasteiger partial charge on any atom is -0.196 e. The molecule has 0 aliphatic carbocycles. The molecule has 0 aromatic heterocycles. The predicted octanol–water partition coefficient (Wildman–Crippen LogP) is 2.25. The van der Waals surface area contributed by atoms with E-state index in [0.29, 0.717) is 6.42 Å². The van der Waals surface area contributed by atoms with E-state index in [9.17, 15) is 0 Å². The van der Waals surface area contributed by atoms with Crippen molar-refractivity contribution in [2.75, 3.05) is 5.75 Å². The van der Waals surface area contributed by atoms with Gasteiger partial charge in [0.15, 0.2) is 4.75 Å². The fourth-order valence-corrected chi connectivity index (χ4v) is 2.26. The average molecular weight is 178 g/mol. The zero-order chi connectivity index (χ0) is 9.19. The maximum Gasteiger partial charge on any atom is 0.192 e. The molecule has 0 saturated heterocycles. The van der Waals surface area contributed by atoms with Crippen LogP contribution in [-0.4, -0.2) is 10.5 Å². The number of nitriles is 2. The maximum atomic E-state index is 8.83. The average Bonchev–Trinajstić information content (AvgIpc) is 2.10. The van der Waals surface area contributed by atoms with Gasteiger partial charge in [-0.15, -0.1) is 11.8 Å². The number of hydrogen-bond acceptors (Lipinski definition) is 3. The zero-order valence-corrected chi connectivity index (χ0v) is 8.03. The van der Waals surface area contributed by atoms with E-state index in [1.165, 1.54) is 22.9 Å². The third kappa shape index (κ3) is 1.47. The van der Waals surface area contributed by atoms with Crippen molar-refractivity contribution >= 4 is 11.8 Å². The van der Waals surface area contributed by atoms with Gasteiger partial charge < -0.3 is 0 Å². The quantitative estimate of drug-likeness (QED) is 0.534. The van der Waals surface area contributed by atoms with E-state index in [4.69, 9.17) is 10.5 Å². The van der Waals surface area contributed by atoms with Gasteiger partial charge in [-0.3, -0.25) is 0 Å². The Hall–Kier alpha value is -0.930. The van der Waals surface area contributed by atoms with Crippen LogP contribution in [0.1, 0.15) is 20.3 Å². The van der Waals surface area contributed by atoms with Gasteiger partial charge in [0.2, 0.25) is 0 Å². The monoisotopic (exact) mass is 178 g/mol. The van der Waals surface area contributed by atoms with Gasteiger partial charge in [-0.1, -0.05) is 11.1 Å². The highest BCUT2D eigenvalue weighted by atomic mass is 32.2. The van der Waals surface area contributed by atoms with Crippen molar-refractivity contribution in [2.24, 2.45) is 0 Å². The van der Waals surface area contributed by atoms with Gasteiger partial charge in [0.1, 0.15) is 0 Å². The fourth-order valence-electron chi connectivity index (χ4n) is 1.10. The predicted molar refractivity (Wildman–Crippen MR) is 49.4 cm³/mol. The Morgan fingerprint density at radius 1 is 1.25 bits per heavy atom. The van der Waals surface area contributed by atoms with Crippen LogP contribution >= 0.6 is 11.8 Å². The highest BCUT2D eigenvalue weighted by molar-refractivity contribution is 8.01. The lowest BCUT2D eigenvalue weighted by Crippen LogP contribution is -2.25. The SMILES string of the molecule is CC1=C(C)CC(C#N)(C#N)SC1. The van der Waals surface area contributed by atoms with Crippen LogP contribution in [0, 0.1) is 22.7 Å². The fraction of sp³-hybridized carbons (Fsp3) is 0.556. The summed E-state index contributed by atoms with van der Waals surface area (Å²) in [7, 11) is 0. The molecule has 0 fully saturated rings. The molecule has 0 amide bonds. The summed E-state index contributed by atoms with van der Waals surface area (Å²) in [6.45, 7) is 4.06. The van der Waals surface area contributed by atoms with Crippen molar-refractivity contribution in [3.8, 4) is 12.1 Å². The van der Waals surface area contributed by atoms with Gasteiger partial charge in [0, 0.05) is 12.2 Å². The first-order valence-electron chi connectivity index (χ1n) is 3.75. The Kier molecular flexibility index (Phi) is 2.45.